The summed E-state index contributed by atoms with van der Waals surface area (Å²) >= 11 is 0. The Morgan fingerprint density at radius 1 is 1.14 bits per heavy atom. The number of aryl methyl sites for hydroxylation is 1. The predicted molar refractivity (Wildman–Crippen MR) is 108 cm³/mol. The van der Waals surface area contributed by atoms with Gasteiger partial charge >= 0.3 is 0 Å². The molecule has 0 bridgehead atoms. The van der Waals surface area contributed by atoms with E-state index in [4.69, 9.17) is 4.74 Å². The average molecular weight is 400 g/mol. The zero-order valence-corrected chi connectivity index (χ0v) is 16.4. The molecular weight excluding hydrogens is 374 g/mol. The number of nitrogens with zero attached hydrogens (tertiary/aromatic N) is 1. The van der Waals surface area contributed by atoms with E-state index in [0.29, 0.717) is 44.0 Å². The van der Waals surface area contributed by atoms with Gasteiger partial charge in [0.1, 0.15) is 11.6 Å². The van der Waals surface area contributed by atoms with E-state index in [1.165, 1.54) is 11.6 Å². The molecule has 2 aromatic rings. The molecule has 0 aromatic heterocycles. The second kappa shape index (κ2) is 8.49. The highest BCUT2D eigenvalue weighted by molar-refractivity contribution is 5.82. The van der Waals surface area contributed by atoms with Crippen molar-refractivity contribution < 1.29 is 18.3 Å². The first-order valence-electron chi connectivity index (χ1n) is 10.2. The molecule has 0 radical (unpaired) electrons. The van der Waals surface area contributed by atoms with Gasteiger partial charge in [-0.05, 0) is 42.9 Å². The lowest BCUT2D eigenvalue weighted by atomic mass is 9.74. The van der Waals surface area contributed by atoms with Gasteiger partial charge in [0.15, 0.2) is 0 Å². The van der Waals surface area contributed by atoms with Crippen molar-refractivity contribution in [3.63, 3.8) is 0 Å². The number of amides is 1. The summed E-state index contributed by atoms with van der Waals surface area (Å²) in [7, 11) is 0. The summed E-state index contributed by atoms with van der Waals surface area (Å²) in [6, 6.07) is 12.5. The lowest BCUT2D eigenvalue weighted by molar-refractivity contribution is -0.120. The first-order valence-corrected chi connectivity index (χ1v) is 10.2. The Bertz CT molecular complexity index is 867. The minimum Gasteiger partial charge on any atom is -0.381 e. The Morgan fingerprint density at radius 2 is 1.90 bits per heavy atom. The Morgan fingerprint density at radius 3 is 2.66 bits per heavy atom. The van der Waals surface area contributed by atoms with Crippen LogP contribution in [0.2, 0.25) is 0 Å². The van der Waals surface area contributed by atoms with Gasteiger partial charge in [0.05, 0.1) is 12.2 Å². The summed E-state index contributed by atoms with van der Waals surface area (Å²) in [4.78, 5) is 14.5. The number of nitrogens with one attached hydrogen (secondary N) is 1. The fourth-order valence-electron chi connectivity index (χ4n) is 4.51. The van der Waals surface area contributed by atoms with E-state index in [9.17, 15) is 13.6 Å². The summed E-state index contributed by atoms with van der Waals surface area (Å²) in [5.74, 6) is -1.32. The van der Waals surface area contributed by atoms with Gasteiger partial charge < -0.3 is 15.0 Å². The first-order chi connectivity index (χ1) is 14.1. The second-order valence-electron chi connectivity index (χ2n) is 7.96. The molecule has 29 heavy (non-hydrogen) atoms. The third kappa shape index (κ3) is 4.27. The SMILES string of the molecule is O=C(CN1CCCc2cc(F)cc(F)c21)NCC1(c2ccccc2)CCOCC1. The van der Waals surface area contributed by atoms with Crippen LogP contribution in [0.15, 0.2) is 42.5 Å². The van der Waals surface area contributed by atoms with Crippen molar-refractivity contribution in [3.05, 3.63) is 65.2 Å². The Labute approximate surface area is 169 Å². The zero-order chi connectivity index (χ0) is 20.3. The van der Waals surface area contributed by atoms with Crippen molar-refractivity contribution in [2.24, 2.45) is 0 Å². The molecule has 2 aliphatic rings. The van der Waals surface area contributed by atoms with Crippen LogP contribution in [-0.4, -0.2) is 38.8 Å². The number of rotatable bonds is 5. The molecule has 1 fully saturated rings. The number of anilines is 1. The van der Waals surface area contributed by atoms with Crippen LogP contribution in [0, 0.1) is 11.6 Å². The van der Waals surface area contributed by atoms with Crippen LogP contribution in [0.25, 0.3) is 0 Å². The van der Waals surface area contributed by atoms with Gasteiger partial charge in [0, 0.05) is 37.8 Å². The monoisotopic (exact) mass is 400 g/mol. The van der Waals surface area contributed by atoms with Gasteiger partial charge in [-0.15, -0.1) is 0 Å². The first kappa shape index (κ1) is 19.8. The van der Waals surface area contributed by atoms with Crippen LogP contribution in [-0.2, 0) is 21.4 Å². The molecule has 154 valence electrons. The van der Waals surface area contributed by atoms with Gasteiger partial charge in [0.2, 0.25) is 5.91 Å². The van der Waals surface area contributed by atoms with Gasteiger partial charge in [-0.2, -0.15) is 0 Å². The molecule has 4 rings (SSSR count). The van der Waals surface area contributed by atoms with Crippen molar-refractivity contribution >= 4 is 11.6 Å². The maximum Gasteiger partial charge on any atom is 0.239 e. The number of carbonyl (C=O) groups excluding carboxylic acids is 1. The highest BCUT2D eigenvalue weighted by Crippen LogP contribution is 2.34. The van der Waals surface area contributed by atoms with Crippen LogP contribution < -0.4 is 10.2 Å². The predicted octanol–water partition coefficient (Wildman–Crippen LogP) is 3.58. The van der Waals surface area contributed by atoms with Crippen molar-refractivity contribution in [1.82, 2.24) is 5.32 Å². The third-order valence-corrected chi connectivity index (χ3v) is 6.09. The summed E-state index contributed by atoms with van der Waals surface area (Å²) in [6.45, 7) is 2.51. The van der Waals surface area contributed by atoms with E-state index in [0.717, 1.165) is 25.3 Å². The Hall–Kier alpha value is -2.47. The maximum atomic E-state index is 14.4. The molecule has 4 nitrogen and oxygen atoms in total. The molecule has 0 spiro atoms. The number of benzene rings is 2. The van der Waals surface area contributed by atoms with E-state index in [-0.39, 0.29) is 17.9 Å². The topological polar surface area (TPSA) is 41.6 Å². The minimum atomic E-state index is -0.599. The van der Waals surface area contributed by atoms with Gasteiger partial charge in [-0.1, -0.05) is 30.3 Å². The molecular formula is C23H26F2N2O2. The number of carbonyl (C=O) groups is 1. The lowest BCUT2D eigenvalue weighted by Crippen LogP contribution is -2.47. The number of halogens is 2. The summed E-state index contributed by atoms with van der Waals surface area (Å²) < 4.78 is 33.4. The smallest absolute Gasteiger partial charge is 0.239 e. The number of fused-ring (bicyclic) bond motifs is 1. The molecule has 6 heteroatoms. The number of hydrogen-bond acceptors (Lipinski definition) is 3. The number of ether oxygens (including phenoxy) is 1. The summed E-state index contributed by atoms with van der Waals surface area (Å²) in [5, 5.41) is 3.07. The molecule has 2 aromatic carbocycles. The normalized spacial score (nSPS) is 18.2. The molecule has 2 heterocycles. The lowest BCUT2D eigenvalue weighted by Gasteiger charge is -2.38. The largest absolute Gasteiger partial charge is 0.381 e. The van der Waals surface area contributed by atoms with Crippen molar-refractivity contribution in [1.29, 1.82) is 0 Å². The number of hydrogen-bond donors (Lipinski definition) is 1. The zero-order valence-electron chi connectivity index (χ0n) is 16.4. The highest BCUT2D eigenvalue weighted by atomic mass is 19.1. The highest BCUT2D eigenvalue weighted by Gasteiger charge is 2.35. The molecule has 2 aliphatic heterocycles. The second-order valence-corrected chi connectivity index (χ2v) is 7.96. The quantitative estimate of drug-likeness (QED) is 0.834. The average Bonchev–Trinajstić information content (AvgIpc) is 2.73. The van der Waals surface area contributed by atoms with Crippen LogP contribution in [0.4, 0.5) is 14.5 Å². The van der Waals surface area contributed by atoms with Crippen LogP contribution >= 0.6 is 0 Å². The van der Waals surface area contributed by atoms with E-state index < -0.39 is 11.6 Å². The molecule has 0 aliphatic carbocycles. The van der Waals surface area contributed by atoms with Gasteiger partial charge in [-0.25, -0.2) is 8.78 Å². The molecule has 1 amide bonds. The van der Waals surface area contributed by atoms with E-state index in [2.05, 4.69) is 17.4 Å². The van der Waals surface area contributed by atoms with Crippen molar-refractivity contribution in [2.75, 3.05) is 37.7 Å². The van der Waals surface area contributed by atoms with E-state index >= 15 is 0 Å². The van der Waals surface area contributed by atoms with Crippen LogP contribution in [0.1, 0.15) is 30.4 Å². The molecule has 1 saturated heterocycles. The molecule has 0 saturated carbocycles. The molecule has 0 unspecified atom stereocenters. The third-order valence-electron chi connectivity index (χ3n) is 6.09. The standard InChI is InChI=1S/C23H26F2N2O2/c24-19-13-17-5-4-10-27(22(17)20(25)14-19)15-21(28)26-16-23(8-11-29-12-9-23)18-6-2-1-3-7-18/h1-3,6-7,13-14H,4-5,8-12,15-16H2,(H,26,28). The van der Waals surface area contributed by atoms with Crippen LogP contribution in [0.5, 0.6) is 0 Å². The summed E-state index contributed by atoms with van der Waals surface area (Å²) in [6.07, 6.45) is 3.09. The Balaban J connectivity index is 1.45. The fraction of sp³-hybridized carbons (Fsp3) is 0.435. The van der Waals surface area contributed by atoms with Crippen molar-refractivity contribution in [3.8, 4) is 0 Å². The van der Waals surface area contributed by atoms with E-state index in [1.807, 2.05) is 18.2 Å². The van der Waals surface area contributed by atoms with Gasteiger partial charge in [0.25, 0.3) is 0 Å². The fourth-order valence-corrected chi connectivity index (χ4v) is 4.51. The molecule has 1 N–H and O–H groups in total. The van der Waals surface area contributed by atoms with Gasteiger partial charge in [-0.3, -0.25) is 4.79 Å². The van der Waals surface area contributed by atoms with Crippen molar-refractivity contribution in [2.45, 2.75) is 31.1 Å². The Kier molecular flexibility index (Phi) is 5.81. The molecule has 0 atom stereocenters. The maximum absolute atomic E-state index is 14.4. The minimum absolute atomic E-state index is 0.0664. The summed E-state index contributed by atoms with van der Waals surface area (Å²) in [5.41, 5.74) is 2.04. The van der Waals surface area contributed by atoms with Crippen LogP contribution in [0.3, 0.4) is 0 Å². The van der Waals surface area contributed by atoms with E-state index in [1.54, 1.807) is 4.90 Å².